The fourth-order valence-corrected chi connectivity index (χ4v) is 3.40. The molecule has 0 aliphatic heterocycles. The van der Waals surface area contributed by atoms with Gasteiger partial charge in [-0.2, -0.15) is 0 Å². The number of nitrogens with zero attached hydrogens (tertiary/aromatic N) is 1. The Balaban J connectivity index is 2.11. The van der Waals surface area contributed by atoms with Crippen LogP contribution in [0.2, 0.25) is 0 Å². The van der Waals surface area contributed by atoms with E-state index in [1.165, 1.54) is 32.1 Å². The zero-order valence-electron chi connectivity index (χ0n) is 11.9. The average molecular weight is 326 g/mol. The lowest BCUT2D eigenvalue weighted by Gasteiger charge is -2.31. The molecular formula is C15H24BrN3. The number of aromatic nitrogens is 1. The lowest BCUT2D eigenvalue weighted by molar-refractivity contribution is 0.312. The lowest BCUT2D eigenvalue weighted by Crippen LogP contribution is -2.30. The second-order valence-corrected chi connectivity index (χ2v) is 6.35. The van der Waals surface area contributed by atoms with E-state index >= 15 is 0 Å². The summed E-state index contributed by atoms with van der Waals surface area (Å²) in [7, 11) is 0. The minimum Gasteiger partial charge on any atom is -0.397 e. The van der Waals surface area contributed by atoms with Crippen molar-refractivity contribution in [2.45, 2.75) is 58.4 Å². The second kappa shape index (κ2) is 6.60. The molecule has 1 aliphatic rings. The molecule has 0 amide bonds. The van der Waals surface area contributed by atoms with Crippen molar-refractivity contribution in [3.63, 3.8) is 0 Å². The van der Waals surface area contributed by atoms with Crippen LogP contribution in [0.15, 0.2) is 10.7 Å². The zero-order chi connectivity index (χ0) is 13.8. The van der Waals surface area contributed by atoms with Crippen molar-refractivity contribution in [2.24, 2.45) is 5.92 Å². The smallest absolute Gasteiger partial charge is 0.140 e. The molecule has 0 radical (unpaired) electrons. The average Bonchev–Trinajstić information content (AvgIpc) is 2.45. The minimum absolute atomic E-state index is 0.520. The normalized spacial score (nSPS) is 18.3. The number of hydrogen-bond donors (Lipinski definition) is 2. The number of rotatable bonds is 4. The molecule has 0 spiro atoms. The van der Waals surface area contributed by atoms with Crippen molar-refractivity contribution < 1.29 is 0 Å². The first-order valence-electron chi connectivity index (χ1n) is 7.30. The van der Waals surface area contributed by atoms with Gasteiger partial charge in [-0.05, 0) is 53.6 Å². The van der Waals surface area contributed by atoms with Gasteiger partial charge >= 0.3 is 0 Å². The highest BCUT2D eigenvalue weighted by Crippen LogP contribution is 2.32. The van der Waals surface area contributed by atoms with Crippen molar-refractivity contribution in [3.05, 3.63) is 16.2 Å². The van der Waals surface area contributed by atoms with E-state index in [1.54, 1.807) is 6.20 Å². The summed E-state index contributed by atoms with van der Waals surface area (Å²) in [6.07, 6.45) is 9.72. The third-order valence-electron chi connectivity index (χ3n) is 4.28. The van der Waals surface area contributed by atoms with E-state index < -0.39 is 0 Å². The Bertz CT molecular complexity index is 428. The van der Waals surface area contributed by atoms with E-state index in [4.69, 9.17) is 5.73 Å². The number of nitrogen functional groups attached to an aromatic ring is 1. The lowest BCUT2D eigenvalue weighted by atomic mass is 9.83. The molecule has 1 aromatic rings. The third kappa shape index (κ3) is 3.41. The topological polar surface area (TPSA) is 50.9 Å². The number of pyridine rings is 1. The van der Waals surface area contributed by atoms with Gasteiger partial charge in [0.05, 0.1) is 16.4 Å². The highest BCUT2D eigenvalue weighted by Gasteiger charge is 2.23. The minimum atomic E-state index is 0.520. The van der Waals surface area contributed by atoms with Gasteiger partial charge in [0.2, 0.25) is 0 Å². The molecule has 1 unspecified atom stereocenters. The SMILES string of the molecule is CCC(Nc1ncc(N)c(C)c1Br)C1CCCCC1. The maximum Gasteiger partial charge on any atom is 0.140 e. The molecule has 1 atom stereocenters. The summed E-state index contributed by atoms with van der Waals surface area (Å²) < 4.78 is 1.00. The summed E-state index contributed by atoms with van der Waals surface area (Å²) in [4.78, 5) is 4.44. The fourth-order valence-electron chi connectivity index (χ4n) is 2.96. The van der Waals surface area contributed by atoms with E-state index in [2.05, 4.69) is 33.2 Å². The maximum atomic E-state index is 5.88. The van der Waals surface area contributed by atoms with Gasteiger partial charge in [-0.25, -0.2) is 4.98 Å². The summed E-state index contributed by atoms with van der Waals surface area (Å²) in [6.45, 7) is 4.28. The molecule has 0 bridgehead atoms. The highest BCUT2D eigenvalue weighted by molar-refractivity contribution is 9.10. The quantitative estimate of drug-likeness (QED) is 0.856. The number of anilines is 2. The molecule has 1 fully saturated rings. The van der Waals surface area contributed by atoms with Gasteiger partial charge in [0.15, 0.2) is 0 Å². The van der Waals surface area contributed by atoms with Gasteiger partial charge in [0.25, 0.3) is 0 Å². The molecule has 3 N–H and O–H groups in total. The number of nitrogens with one attached hydrogen (secondary N) is 1. The van der Waals surface area contributed by atoms with Crippen LogP contribution in [0.5, 0.6) is 0 Å². The largest absolute Gasteiger partial charge is 0.397 e. The summed E-state index contributed by atoms with van der Waals surface area (Å²) in [5, 5.41) is 3.62. The predicted molar refractivity (Wildman–Crippen MR) is 85.4 cm³/mol. The van der Waals surface area contributed by atoms with Gasteiger partial charge in [-0.3, -0.25) is 0 Å². The molecule has 1 aromatic heterocycles. The number of hydrogen-bond acceptors (Lipinski definition) is 3. The Morgan fingerprint density at radius 1 is 1.42 bits per heavy atom. The van der Waals surface area contributed by atoms with Crippen molar-refractivity contribution in [1.29, 1.82) is 0 Å². The Morgan fingerprint density at radius 3 is 2.74 bits per heavy atom. The van der Waals surface area contributed by atoms with Crippen LogP contribution in [0, 0.1) is 12.8 Å². The van der Waals surface area contributed by atoms with Crippen LogP contribution < -0.4 is 11.1 Å². The van der Waals surface area contributed by atoms with Gasteiger partial charge < -0.3 is 11.1 Å². The van der Waals surface area contributed by atoms with Gasteiger partial charge in [0.1, 0.15) is 5.82 Å². The molecule has 1 saturated carbocycles. The maximum absolute atomic E-state index is 5.88. The molecule has 4 heteroatoms. The van der Waals surface area contributed by atoms with Crippen LogP contribution in [0.3, 0.4) is 0 Å². The first-order valence-corrected chi connectivity index (χ1v) is 8.09. The van der Waals surface area contributed by atoms with Crippen LogP contribution in [-0.2, 0) is 0 Å². The molecular weight excluding hydrogens is 302 g/mol. The molecule has 1 heterocycles. The molecule has 3 nitrogen and oxygen atoms in total. The Hall–Kier alpha value is -0.770. The van der Waals surface area contributed by atoms with E-state index in [-0.39, 0.29) is 0 Å². The highest BCUT2D eigenvalue weighted by atomic mass is 79.9. The van der Waals surface area contributed by atoms with E-state index in [0.29, 0.717) is 6.04 Å². The Labute approximate surface area is 124 Å². The summed E-state index contributed by atoms with van der Waals surface area (Å²) in [6, 6.07) is 0.520. The van der Waals surface area contributed by atoms with Crippen LogP contribution in [0.1, 0.15) is 51.0 Å². The van der Waals surface area contributed by atoms with Crippen molar-refractivity contribution in [2.75, 3.05) is 11.1 Å². The Morgan fingerprint density at radius 2 is 2.11 bits per heavy atom. The summed E-state index contributed by atoms with van der Waals surface area (Å²) in [5.41, 5.74) is 7.68. The first-order chi connectivity index (χ1) is 9.13. The summed E-state index contributed by atoms with van der Waals surface area (Å²) >= 11 is 3.61. The molecule has 0 aromatic carbocycles. The third-order valence-corrected chi connectivity index (χ3v) is 5.25. The predicted octanol–water partition coefficient (Wildman–Crippen LogP) is 4.51. The number of nitrogens with two attached hydrogens (primary N) is 1. The first kappa shape index (κ1) is 14.6. The molecule has 0 saturated heterocycles. The van der Waals surface area contributed by atoms with Crippen LogP contribution in [0.4, 0.5) is 11.5 Å². The van der Waals surface area contributed by atoms with Crippen molar-refractivity contribution in [3.8, 4) is 0 Å². The standard InChI is InChI=1S/C15H24BrN3/c1-3-13(11-7-5-4-6-8-11)19-15-14(16)10(2)12(17)9-18-15/h9,11,13H,3-8,17H2,1-2H3,(H,18,19). The van der Waals surface area contributed by atoms with E-state index in [0.717, 1.165) is 33.9 Å². The van der Waals surface area contributed by atoms with Gasteiger partial charge in [0, 0.05) is 6.04 Å². The second-order valence-electron chi connectivity index (χ2n) is 5.56. The number of halogens is 1. The van der Waals surface area contributed by atoms with Gasteiger partial charge in [-0.15, -0.1) is 0 Å². The van der Waals surface area contributed by atoms with Crippen molar-refractivity contribution in [1.82, 2.24) is 4.98 Å². The molecule has 1 aliphatic carbocycles. The molecule has 19 heavy (non-hydrogen) atoms. The fraction of sp³-hybridized carbons (Fsp3) is 0.667. The van der Waals surface area contributed by atoms with Crippen LogP contribution >= 0.6 is 15.9 Å². The van der Waals surface area contributed by atoms with E-state index in [9.17, 15) is 0 Å². The summed E-state index contributed by atoms with van der Waals surface area (Å²) in [5.74, 6) is 1.72. The molecule has 2 rings (SSSR count). The zero-order valence-corrected chi connectivity index (χ0v) is 13.5. The Kier molecular flexibility index (Phi) is 5.08. The van der Waals surface area contributed by atoms with Crippen LogP contribution in [-0.4, -0.2) is 11.0 Å². The molecule has 106 valence electrons. The monoisotopic (exact) mass is 325 g/mol. The van der Waals surface area contributed by atoms with E-state index in [1.807, 2.05) is 6.92 Å². The van der Waals surface area contributed by atoms with Crippen LogP contribution in [0.25, 0.3) is 0 Å². The van der Waals surface area contributed by atoms with Gasteiger partial charge in [-0.1, -0.05) is 26.2 Å². The van der Waals surface area contributed by atoms with Crippen molar-refractivity contribution >= 4 is 27.4 Å².